The molecule has 0 aromatic rings. The van der Waals surface area contributed by atoms with E-state index >= 15 is 0 Å². The Labute approximate surface area is 109 Å². The second kappa shape index (κ2) is 4.90. The van der Waals surface area contributed by atoms with Gasteiger partial charge in [-0.1, -0.05) is 0 Å². The molecule has 4 nitrogen and oxygen atoms in total. The Kier molecular flexibility index (Phi) is 3.64. The first-order valence-corrected chi connectivity index (χ1v) is 6.89. The maximum absolute atomic E-state index is 12.0. The van der Waals surface area contributed by atoms with E-state index < -0.39 is 5.60 Å². The van der Waals surface area contributed by atoms with Gasteiger partial charge in [0.1, 0.15) is 11.4 Å². The van der Waals surface area contributed by atoms with E-state index in [9.17, 15) is 9.59 Å². The van der Waals surface area contributed by atoms with E-state index in [0.717, 1.165) is 32.2 Å². The normalized spacial score (nSPS) is 24.2. The van der Waals surface area contributed by atoms with Crippen LogP contribution < -0.4 is 0 Å². The highest BCUT2D eigenvalue weighted by atomic mass is 16.6. The van der Waals surface area contributed by atoms with Gasteiger partial charge in [0.15, 0.2) is 0 Å². The van der Waals surface area contributed by atoms with Gasteiger partial charge in [0.25, 0.3) is 0 Å². The van der Waals surface area contributed by atoms with E-state index in [1.54, 1.807) is 4.90 Å². The lowest BCUT2D eigenvalue weighted by molar-refractivity contribution is -0.121. The van der Waals surface area contributed by atoms with Crippen molar-refractivity contribution in [3.63, 3.8) is 0 Å². The summed E-state index contributed by atoms with van der Waals surface area (Å²) in [5.74, 6) is 0.613. The fourth-order valence-electron chi connectivity index (χ4n) is 2.41. The average Bonchev–Trinajstić information content (AvgIpc) is 2.97. The van der Waals surface area contributed by atoms with Crippen LogP contribution >= 0.6 is 0 Å². The topological polar surface area (TPSA) is 46.6 Å². The third kappa shape index (κ3) is 3.47. The molecular formula is C14H23NO3. The summed E-state index contributed by atoms with van der Waals surface area (Å²) in [4.78, 5) is 25.6. The molecule has 0 unspecified atom stereocenters. The summed E-state index contributed by atoms with van der Waals surface area (Å²) in [6.07, 6.45) is 4.23. The summed E-state index contributed by atoms with van der Waals surface area (Å²) in [7, 11) is 0. The first-order chi connectivity index (χ1) is 8.37. The van der Waals surface area contributed by atoms with Crippen LogP contribution in [0.15, 0.2) is 0 Å². The number of amides is 1. The minimum atomic E-state index is -0.468. The van der Waals surface area contributed by atoms with Crippen molar-refractivity contribution >= 4 is 11.9 Å². The first-order valence-electron chi connectivity index (χ1n) is 6.89. The lowest BCUT2D eigenvalue weighted by Crippen LogP contribution is -2.40. The highest BCUT2D eigenvalue weighted by molar-refractivity contribution is 5.84. The summed E-state index contributed by atoms with van der Waals surface area (Å²) < 4.78 is 5.39. The number of nitrogens with zero attached hydrogens (tertiary/aromatic N) is 1. The zero-order valence-corrected chi connectivity index (χ0v) is 11.6. The van der Waals surface area contributed by atoms with Crippen molar-refractivity contribution < 1.29 is 14.3 Å². The van der Waals surface area contributed by atoms with E-state index in [0.29, 0.717) is 12.2 Å². The molecule has 2 rings (SSSR count). The van der Waals surface area contributed by atoms with Gasteiger partial charge in [0.2, 0.25) is 0 Å². The van der Waals surface area contributed by atoms with Crippen LogP contribution in [0.4, 0.5) is 4.79 Å². The second-order valence-corrected chi connectivity index (χ2v) is 6.41. The maximum atomic E-state index is 12.0. The molecule has 0 bridgehead atoms. The fraction of sp³-hybridized carbons (Fsp3) is 0.857. The molecule has 2 aliphatic rings. The van der Waals surface area contributed by atoms with Crippen molar-refractivity contribution in [2.24, 2.45) is 5.92 Å². The van der Waals surface area contributed by atoms with Crippen LogP contribution in [0.1, 0.15) is 52.9 Å². The predicted molar refractivity (Wildman–Crippen MR) is 68.3 cm³/mol. The Hall–Kier alpha value is -1.06. The highest BCUT2D eigenvalue weighted by Gasteiger charge is 2.37. The van der Waals surface area contributed by atoms with Crippen LogP contribution in [0, 0.1) is 5.92 Å². The van der Waals surface area contributed by atoms with Crippen LogP contribution in [0.3, 0.4) is 0 Å². The first kappa shape index (κ1) is 13.4. The summed E-state index contributed by atoms with van der Waals surface area (Å²) >= 11 is 0. The lowest BCUT2D eigenvalue weighted by atomic mass is 10.1. The molecule has 1 amide bonds. The van der Waals surface area contributed by atoms with E-state index in [1.165, 1.54) is 0 Å². The highest BCUT2D eigenvalue weighted by Crippen LogP contribution is 2.33. The van der Waals surface area contributed by atoms with Gasteiger partial charge in [-0.15, -0.1) is 0 Å². The second-order valence-electron chi connectivity index (χ2n) is 6.41. The Bertz CT molecular complexity index is 341. The van der Waals surface area contributed by atoms with Gasteiger partial charge in [-0.05, 0) is 46.5 Å². The third-order valence-electron chi connectivity index (χ3n) is 3.47. The number of carbonyl (C=O) groups excluding carboxylic acids is 2. The minimum absolute atomic E-state index is 0.0629. The number of rotatable bonds is 3. The summed E-state index contributed by atoms with van der Waals surface area (Å²) in [5.41, 5.74) is -0.468. The molecule has 0 aromatic heterocycles. The number of Topliss-reactive ketones (excluding diaryl/α,β-unsaturated/α-hetero) is 1. The van der Waals surface area contributed by atoms with Gasteiger partial charge in [0, 0.05) is 24.9 Å². The van der Waals surface area contributed by atoms with Crippen LogP contribution in [-0.4, -0.2) is 35.0 Å². The summed E-state index contributed by atoms with van der Waals surface area (Å²) in [6.45, 7) is 6.32. The molecule has 18 heavy (non-hydrogen) atoms. The van der Waals surface area contributed by atoms with Crippen molar-refractivity contribution in [1.82, 2.24) is 4.90 Å². The fourth-order valence-corrected chi connectivity index (χ4v) is 2.41. The predicted octanol–water partition coefficient (Wildman–Crippen LogP) is 2.76. The minimum Gasteiger partial charge on any atom is -0.444 e. The van der Waals surface area contributed by atoms with Crippen LogP contribution in [-0.2, 0) is 9.53 Å². The lowest BCUT2D eigenvalue weighted by Gasteiger charge is -2.28. The number of ether oxygens (including phenoxy) is 1. The van der Waals surface area contributed by atoms with Crippen LogP contribution in [0.5, 0.6) is 0 Å². The van der Waals surface area contributed by atoms with Crippen molar-refractivity contribution in [1.29, 1.82) is 0 Å². The number of ketones is 1. The smallest absolute Gasteiger partial charge is 0.410 e. The molecule has 0 radical (unpaired) electrons. The number of carbonyl (C=O) groups is 2. The van der Waals surface area contributed by atoms with Crippen molar-refractivity contribution in [2.75, 3.05) is 6.54 Å². The Morgan fingerprint density at radius 3 is 2.44 bits per heavy atom. The van der Waals surface area contributed by atoms with Gasteiger partial charge in [0.05, 0.1) is 0 Å². The quantitative estimate of drug-likeness (QED) is 0.777. The summed E-state index contributed by atoms with van der Waals surface area (Å²) in [5, 5.41) is 0. The molecule has 0 N–H and O–H groups in total. The molecule has 1 heterocycles. The monoisotopic (exact) mass is 253 g/mol. The van der Waals surface area contributed by atoms with E-state index in [-0.39, 0.29) is 18.1 Å². The number of hydrogen-bond acceptors (Lipinski definition) is 3. The SMILES string of the molecule is CC(C)(C)OC(=O)N1CCC[C@@H]1CC(=O)C1CC1. The van der Waals surface area contributed by atoms with E-state index in [2.05, 4.69) is 0 Å². The third-order valence-corrected chi connectivity index (χ3v) is 3.47. The molecule has 0 aromatic carbocycles. The van der Waals surface area contributed by atoms with Gasteiger partial charge in [-0.3, -0.25) is 4.79 Å². The van der Waals surface area contributed by atoms with Crippen molar-refractivity contribution in [2.45, 2.75) is 64.5 Å². The van der Waals surface area contributed by atoms with E-state index in [1.807, 2.05) is 20.8 Å². The average molecular weight is 253 g/mol. The summed E-state index contributed by atoms with van der Waals surface area (Å²) in [6, 6.07) is 0.0629. The number of likely N-dealkylation sites (tertiary alicyclic amines) is 1. The molecule has 0 spiro atoms. The molecule has 1 saturated heterocycles. The van der Waals surface area contributed by atoms with Crippen molar-refractivity contribution in [3.05, 3.63) is 0 Å². The van der Waals surface area contributed by atoms with Gasteiger partial charge >= 0.3 is 6.09 Å². The van der Waals surface area contributed by atoms with Crippen LogP contribution in [0.2, 0.25) is 0 Å². The largest absolute Gasteiger partial charge is 0.444 e. The van der Waals surface area contributed by atoms with Crippen LogP contribution in [0.25, 0.3) is 0 Å². The Balaban J connectivity index is 1.90. The standard InChI is InChI=1S/C14H23NO3/c1-14(2,3)18-13(17)15-8-4-5-11(15)9-12(16)10-6-7-10/h10-11H,4-9H2,1-3H3/t11-/m1/s1. The molecule has 4 heteroatoms. The van der Waals surface area contributed by atoms with E-state index in [4.69, 9.17) is 4.74 Å². The zero-order valence-electron chi connectivity index (χ0n) is 11.6. The maximum Gasteiger partial charge on any atom is 0.410 e. The molecule has 2 fully saturated rings. The Morgan fingerprint density at radius 1 is 1.22 bits per heavy atom. The van der Waals surface area contributed by atoms with Gasteiger partial charge in [-0.2, -0.15) is 0 Å². The number of hydrogen-bond donors (Lipinski definition) is 0. The Morgan fingerprint density at radius 2 is 1.89 bits per heavy atom. The molecular weight excluding hydrogens is 230 g/mol. The molecule has 102 valence electrons. The molecule has 1 saturated carbocycles. The molecule has 1 aliphatic heterocycles. The molecule has 1 aliphatic carbocycles. The molecule has 1 atom stereocenters. The van der Waals surface area contributed by atoms with Crippen molar-refractivity contribution in [3.8, 4) is 0 Å². The zero-order chi connectivity index (χ0) is 13.3. The van der Waals surface area contributed by atoms with Gasteiger partial charge in [-0.25, -0.2) is 4.79 Å². The van der Waals surface area contributed by atoms with Gasteiger partial charge < -0.3 is 9.64 Å².